The molecule has 3 rings (SSSR count). The highest BCUT2D eigenvalue weighted by Crippen LogP contribution is 2.28. The molecular weight excluding hydrogens is 198 g/mol. The highest BCUT2D eigenvalue weighted by molar-refractivity contribution is 5.93. The second-order valence-corrected chi connectivity index (χ2v) is 4.03. The molecular formula is C13H13N3. The van der Waals surface area contributed by atoms with Gasteiger partial charge < -0.3 is 9.13 Å². The zero-order chi connectivity index (χ0) is 11.1. The molecule has 0 aliphatic rings. The van der Waals surface area contributed by atoms with Crippen LogP contribution >= 0.6 is 0 Å². The van der Waals surface area contributed by atoms with Gasteiger partial charge in [0.2, 0.25) is 0 Å². The van der Waals surface area contributed by atoms with E-state index in [2.05, 4.69) is 51.8 Å². The van der Waals surface area contributed by atoms with E-state index >= 15 is 0 Å². The molecule has 0 saturated heterocycles. The first-order chi connectivity index (χ1) is 7.77. The Kier molecular flexibility index (Phi) is 1.86. The van der Waals surface area contributed by atoms with Crippen molar-refractivity contribution in [3.63, 3.8) is 0 Å². The minimum atomic E-state index is 1.03. The van der Waals surface area contributed by atoms with E-state index in [4.69, 9.17) is 0 Å². The van der Waals surface area contributed by atoms with Crippen LogP contribution in [0.15, 0.2) is 42.9 Å². The van der Waals surface area contributed by atoms with Crippen molar-refractivity contribution in [1.82, 2.24) is 14.1 Å². The Hall–Kier alpha value is -2.03. The third-order valence-corrected chi connectivity index (χ3v) is 2.95. The highest BCUT2D eigenvalue weighted by atomic mass is 15.0. The minimum Gasteiger partial charge on any atom is -0.351 e. The molecule has 0 aromatic carbocycles. The van der Waals surface area contributed by atoms with E-state index in [1.165, 1.54) is 16.6 Å². The predicted molar refractivity (Wildman–Crippen MR) is 65.1 cm³/mol. The van der Waals surface area contributed by atoms with Gasteiger partial charge in [-0.25, -0.2) is 4.98 Å². The lowest BCUT2D eigenvalue weighted by molar-refractivity contribution is 0.927. The van der Waals surface area contributed by atoms with E-state index < -0.39 is 0 Å². The van der Waals surface area contributed by atoms with Crippen molar-refractivity contribution in [3.05, 3.63) is 42.9 Å². The van der Waals surface area contributed by atoms with Gasteiger partial charge in [0, 0.05) is 49.3 Å². The van der Waals surface area contributed by atoms with Gasteiger partial charge in [-0.05, 0) is 24.3 Å². The number of fused-ring (bicyclic) bond motifs is 1. The van der Waals surface area contributed by atoms with E-state index in [0.717, 1.165) is 5.65 Å². The van der Waals surface area contributed by atoms with Crippen molar-refractivity contribution in [2.45, 2.75) is 0 Å². The van der Waals surface area contributed by atoms with Crippen molar-refractivity contribution in [1.29, 1.82) is 0 Å². The molecule has 3 heterocycles. The molecule has 3 aromatic rings. The van der Waals surface area contributed by atoms with Gasteiger partial charge in [0.25, 0.3) is 0 Å². The molecule has 80 valence electrons. The molecule has 0 aliphatic carbocycles. The van der Waals surface area contributed by atoms with E-state index in [-0.39, 0.29) is 0 Å². The Balaban J connectivity index is 2.37. The van der Waals surface area contributed by atoms with Crippen LogP contribution in [0.25, 0.3) is 22.3 Å². The fourth-order valence-corrected chi connectivity index (χ4v) is 2.16. The van der Waals surface area contributed by atoms with Gasteiger partial charge in [-0.15, -0.1) is 0 Å². The number of rotatable bonds is 1. The van der Waals surface area contributed by atoms with E-state index in [0.29, 0.717) is 0 Å². The lowest BCUT2D eigenvalue weighted by atomic mass is 10.1. The van der Waals surface area contributed by atoms with Gasteiger partial charge in [-0.2, -0.15) is 0 Å². The van der Waals surface area contributed by atoms with Gasteiger partial charge in [-0.1, -0.05) is 0 Å². The molecule has 3 nitrogen and oxygen atoms in total. The lowest BCUT2D eigenvalue weighted by Crippen LogP contribution is -1.88. The minimum absolute atomic E-state index is 1.03. The molecule has 0 radical (unpaired) electrons. The second-order valence-electron chi connectivity index (χ2n) is 4.03. The summed E-state index contributed by atoms with van der Waals surface area (Å²) >= 11 is 0. The number of nitrogens with zero attached hydrogens (tertiary/aromatic N) is 3. The third-order valence-electron chi connectivity index (χ3n) is 2.95. The quantitative estimate of drug-likeness (QED) is 0.606. The topological polar surface area (TPSA) is 22.8 Å². The summed E-state index contributed by atoms with van der Waals surface area (Å²) in [6.45, 7) is 0. The van der Waals surface area contributed by atoms with Crippen LogP contribution in [0, 0.1) is 0 Å². The second kappa shape index (κ2) is 3.23. The molecule has 0 bridgehead atoms. The Morgan fingerprint density at radius 3 is 2.69 bits per heavy atom. The number of hydrogen-bond donors (Lipinski definition) is 0. The first kappa shape index (κ1) is 9.21. The maximum Gasteiger partial charge on any atom is 0.140 e. The van der Waals surface area contributed by atoms with Crippen LogP contribution in [0.1, 0.15) is 0 Å². The summed E-state index contributed by atoms with van der Waals surface area (Å²) in [4.78, 5) is 4.39. The summed E-state index contributed by atoms with van der Waals surface area (Å²) in [6.07, 6.45) is 6.02. The molecule has 0 unspecified atom stereocenters. The van der Waals surface area contributed by atoms with Gasteiger partial charge in [0.05, 0.1) is 0 Å². The van der Waals surface area contributed by atoms with Crippen LogP contribution in [0.3, 0.4) is 0 Å². The molecule has 3 aromatic heterocycles. The van der Waals surface area contributed by atoms with Crippen molar-refractivity contribution in [3.8, 4) is 11.3 Å². The molecule has 0 aliphatic heterocycles. The first-order valence-corrected chi connectivity index (χ1v) is 5.29. The van der Waals surface area contributed by atoms with E-state index in [9.17, 15) is 0 Å². The summed E-state index contributed by atoms with van der Waals surface area (Å²) in [6, 6.07) is 8.28. The number of hydrogen-bond acceptors (Lipinski definition) is 1. The Morgan fingerprint density at radius 1 is 1.06 bits per heavy atom. The lowest BCUT2D eigenvalue weighted by Gasteiger charge is -2.00. The van der Waals surface area contributed by atoms with Crippen molar-refractivity contribution >= 4 is 11.0 Å². The van der Waals surface area contributed by atoms with E-state index in [1.54, 1.807) is 0 Å². The summed E-state index contributed by atoms with van der Waals surface area (Å²) in [5, 5.41) is 1.20. The van der Waals surface area contributed by atoms with Crippen LogP contribution < -0.4 is 0 Å². The van der Waals surface area contributed by atoms with Crippen LogP contribution in [-0.2, 0) is 14.1 Å². The highest BCUT2D eigenvalue weighted by Gasteiger charge is 2.10. The van der Waals surface area contributed by atoms with Gasteiger partial charge >= 0.3 is 0 Å². The Labute approximate surface area is 94.0 Å². The van der Waals surface area contributed by atoms with Crippen LogP contribution in [0.2, 0.25) is 0 Å². The monoisotopic (exact) mass is 211 g/mol. The van der Waals surface area contributed by atoms with E-state index in [1.807, 2.05) is 19.3 Å². The van der Waals surface area contributed by atoms with Gasteiger partial charge in [0.1, 0.15) is 5.65 Å². The molecule has 16 heavy (non-hydrogen) atoms. The summed E-state index contributed by atoms with van der Waals surface area (Å²) in [5.41, 5.74) is 3.48. The molecule has 0 atom stereocenters. The molecule has 0 saturated carbocycles. The number of aromatic nitrogens is 3. The van der Waals surface area contributed by atoms with Gasteiger partial charge in [-0.3, -0.25) is 0 Å². The summed E-state index contributed by atoms with van der Waals surface area (Å²) < 4.78 is 4.19. The summed E-state index contributed by atoms with van der Waals surface area (Å²) in [7, 11) is 4.09. The number of aryl methyl sites for hydroxylation is 2. The predicted octanol–water partition coefficient (Wildman–Crippen LogP) is 2.58. The smallest absolute Gasteiger partial charge is 0.140 e. The van der Waals surface area contributed by atoms with Crippen molar-refractivity contribution < 1.29 is 0 Å². The fraction of sp³-hybridized carbons (Fsp3) is 0.154. The largest absolute Gasteiger partial charge is 0.351 e. The average Bonchev–Trinajstić information content (AvgIpc) is 2.84. The normalized spacial score (nSPS) is 11.1. The average molecular weight is 211 g/mol. The van der Waals surface area contributed by atoms with Crippen LogP contribution in [0.4, 0.5) is 0 Å². The number of pyridine rings is 1. The third kappa shape index (κ3) is 1.18. The standard InChI is InChI=1S/C13H13N3/c1-15-8-4-6-12(15)11-9-16(2)13-10(11)5-3-7-14-13/h3-9H,1-2H3. The zero-order valence-corrected chi connectivity index (χ0v) is 9.38. The Bertz CT molecular complexity index is 646. The van der Waals surface area contributed by atoms with Crippen LogP contribution in [-0.4, -0.2) is 14.1 Å². The molecule has 3 heteroatoms. The maximum absolute atomic E-state index is 4.39. The fourth-order valence-electron chi connectivity index (χ4n) is 2.16. The zero-order valence-electron chi connectivity index (χ0n) is 9.38. The molecule has 0 amide bonds. The molecule has 0 spiro atoms. The van der Waals surface area contributed by atoms with Crippen molar-refractivity contribution in [2.24, 2.45) is 14.1 Å². The summed E-state index contributed by atoms with van der Waals surface area (Å²) in [5.74, 6) is 0. The van der Waals surface area contributed by atoms with Gasteiger partial charge in [0.15, 0.2) is 0 Å². The molecule has 0 N–H and O–H groups in total. The van der Waals surface area contributed by atoms with Crippen LogP contribution in [0.5, 0.6) is 0 Å². The van der Waals surface area contributed by atoms with Crippen molar-refractivity contribution in [2.75, 3.05) is 0 Å². The SMILES string of the molecule is Cn1cccc1-c1cn(C)c2ncccc12. The molecule has 0 fully saturated rings. The maximum atomic E-state index is 4.39. The Morgan fingerprint density at radius 2 is 1.94 bits per heavy atom. The first-order valence-electron chi connectivity index (χ1n) is 5.29.